The number of aromatic nitrogens is 5. The summed E-state index contributed by atoms with van der Waals surface area (Å²) in [6, 6.07) is 9.12. The third kappa shape index (κ3) is 4.02. The van der Waals surface area contributed by atoms with Crippen LogP contribution in [0.3, 0.4) is 0 Å². The number of halogens is 2. The normalized spacial score (nSPS) is 21.2. The predicted octanol–water partition coefficient (Wildman–Crippen LogP) is 4.53. The molecular formula is C28H26F2N6O2S. The van der Waals surface area contributed by atoms with Crippen molar-refractivity contribution in [1.29, 1.82) is 0 Å². The summed E-state index contributed by atoms with van der Waals surface area (Å²) in [7, 11) is -3.32. The van der Waals surface area contributed by atoms with Crippen LogP contribution in [0.25, 0.3) is 22.5 Å². The van der Waals surface area contributed by atoms with Gasteiger partial charge in [0, 0.05) is 18.0 Å². The van der Waals surface area contributed by atoms with Crippen molar-refractivity contribution < 1.29 is 17.2 Å². The second-order valence-electron chi connectivity index (χ2n) is 10.8. The molecule has 4 aromatic rings. The number of benzene rings is 1. The minimum Gasteiger partial charge on any atom is -0.261 e. The van der Waals surface area contributed by atoms with E-state index in [1.807, 2.05) is 6.07 Å². The smallest absolute Gasteiger partial charge is 0.209 e. The zero-order chi connectivity index (χ0) is 27.6. The first-order valence-corrected chi connectivity index (χ1v) is 14.5. The van der Waals surface area contributed by atoms with Gasteiger partial charge >= 0.3 is 0 Å². The third-order valence-corrected chi connectivity index (χ3v) is 8.98. The summed E-state index contributed by atoms with van der Waals surface area (Å²) in [6.07, 6.45) is 7.84. The minimum absolute atomic E-state index is 0.0950. The zero-order valence-corrected chi connectivity index (χ0v) is 22.4. The lowest BCUT2D eigenvalue weighted by atomic mass is 9.66. The van der Waals surface area contributed by atoms with E-state index in [2.05, 4.69) is 38.7 Å². The Hall–Kier alpha value is -3.70. The maximum absolute atomic E-state index is 14.5. The first-order chi connectivity index (χ1) is 18.5. The number of nitrogens with one attached hydrogen (secondary N) is 1. The molecule has 0 saturated heterocycles. The number of nitrogens with zero attached hydrogens (tertiary/aromatic N) is 5. The van der Waals surface area contributed by atoms with Crippen LogP contribution in [0.2, 0.25) is 0 Å². The number of fused-ring (bicyclic) bond motifs is 5. The lowest BCUT2D eigenvalue weighted by Crippen LogP contribution is -2.38. The summed E-state index contributed by atoms with van der Waals surface area (Å²) in [6.45, 7) is 4.45. The summed E-state index contributed by atoms with van der Waals surface area (Å²) < 4.78 is 54.3. The molecule has 1 saturated carbocycles. The summed E-state index contributed by atoms with van der Waals surface area (Å²) in [5, 5.41) is 8.86. The van der Waals surface area contributed by atoms with E-state index < -0.39 is 27.1 Å². The second-order valence-corrected chi connectivity index (χ2v) is 12.6. The van der Waals surface area contributed by atoms with Crippen molar-refractivity contribution in [3.63, 3.8) is 0 Å². The minimum atomic E-state index is -3.32. The van der Waals surface area contributed by atoms with E-state index in [-0.39, 0.29) is 29.1 Å². The van der Waals surface area contributed by atoms with E-state index in [1.165, 1.54) is 18.2 Å². The molecule has 1 fully saturated rings. The van der Waals surface area contributed by atoms with Gasteiger partial charge in [0.2, 0.25) is 10.0 Å². The Kier molecular flexibility index (Phi) is 5.85. The Morgan fingerprint density at radius 1 is 1.03 bits per heavy atom. The highest BCUT2D eigenvalue weighted by Crippen LogP contribution is 2.69. The van der Waals surface area contributed by atoms with Crippen LogP contribution in [0.4, 0.5) is 8.78 Å². The Morgan fingerprint density at radius 2 is 1.79 bits per heavy atom. The molecule has 11 heteroatoms. The molecule has 0 amide bonds. The average molecular weight is 549 g/mol. The maximum Gasteiger partial charge on any atom is 0.209 e. The van der Waals surface area contributed by atoms with E-state index in [4.69, 9.17) is 4.98 Å². The second kappa shape index (κ2) is 8.92. The largest absolute Gasteiger partial charge is 0.261 e. The summed E-state index contributed by atoms with van der Waals surface area (Å²) in [4.78, 5) is 13.9. The van der Waals surface area contributed by atoms with Crippen molar-refractivity contribution in [3.05, 3.63) is 89.3 Å². The zero-order valence-electron chi connectivity index (χ0n) is 21.6. The Labute approximate surface area is 225 Å². The fourth-order valence-electron chi connectivity index (χ4n) is 6.35. The fourth-order valence-corrected chi connectivity index (χ4v) is 6.76. The van der Waals surface area contributed by atoms with Crippen molar-refractivity contribution in [2.24, 2.45) is 5.41 Å². The third-order valence-electron chi connectivity index (χ3n) is 8.31. The van der Waals surface area contributed by atoms with Crippen LogP contribution in [0, 0.1) is 17.0 Å². The van der Waals surface area contributed by atoms with Gasteiger partial charge in [0.25, 0.3) is 0 Å². The molecular weight excluding hydrogens is 522 g/mol. The first kappa shape index (κ1) is 25.6. The van der Waals surface area contributed by atoms with Gasteiger partial charge in [-0.25, -0.2) is 26.9 Å². The average Bonchev–Trinajstić information content (AvgIpc) is 3.28. The van der Waals surface area contributed by atoms with Crippen molar-refractivity contribution in [2.75, 3.05) is 6.26 Å². The molecule has 0 spiro atoms. The van der Waals surface area contributed by atoms with E-state index >= 15 is 0 Å². The number of hydrogen-bond acceptors (Lipinski definition) is 7. The molecule has 2 aliphatic carbocycles. The highest BCUT2D eigenvalue weighted by molar-refractivity contribution is 7.88. The van der Waals surface area contributed by atoms with Gasteiger partial charge in [-0.1, -0.05) is 19.9 Å². The van der Waals surface area contributed by atoms with E-state index in [9.17, 15) is 17.2 Å². The molecule has 1 N–H and O–H groups in total. The SMILES string of the molecule is CC1(C)[C@H]2CC[C@@]1(c1cncc(-c3ccc(CNS(C)(=O)=O)nc3)n1)c1nnc(-c3c(F)cccc3F)cc12. The molecule has 8 nitrogen and oxygen atoms in total. The number of hydrogen-bond donors (Lipinski definition) is 1. The Morgan fingerprint density at radius 3 is 2.49 bits per heavy atom. The molecule has 1 aromatic carbocycles. The van der Waals surface area contributed by atoms with Crippen LogP contribution >= 0.6 is 0 Å². The quantitative estimate of drug-likeness (QED) is 0.377. The molecule has 0 radical (unpaired) electrons. The van der Waals surface area contributed by atoms with Crippen molar-refractivity contribution >= 4 is 10.0 Å². The van der Waals surface area contributed by atoms with Crippen LogP contribution < -0.4 is 4.72 Å². The summed E-state index contributed by atoms with van der Waals surface area (Å²) >= 11 is 0. The Bertz CT molecular complexity index is 1690. The molecule has 6 rings (SSSR count). The Balaban J connectivity index is 1.39. The number of pyridine rings is 1. The van der Waals surface area contributed by atoms with Crippen LogP contribution in [0.15, 0.2) is 55.0 Å². The topological polar surface area (TPSA) is 111 Å². The number of sulfonamides is 1. The molecule has 3 heterocycles. The lowest BCUT2D eigenvalue weighted by Gasteiger charge is -2.37. The predicted molar refractivity (Wildman–Crippen MR) is 141 cm³/mol. The molecule has 0 aliphatic heterocycles. The van der Waals surface area contributed by atoms with E-state index in [1.54, 1.807) is 30.7 Å². The molecule has 3 aromatic heterocycles. The van der Waals surface area contributed by atoms with Gasteiger partial charge in [-0.2, -0.15) is 5.10 Å². The van der Waals surface area contributed by atoms with Gasteiger partial charge in [0.15, 0.2) is 0 Å². The van der Waals surface area contributed by atoms with Crippen molar-refractivity contribution in [1.82, 2.24) is 29.9 Å². The molecule has 2 atom stereocenters. The maximum atomic E-state index is 14.5. The van der Waals surface area contributed by atoms with Gasteiger partial charge in [0.1, 0.15) is 11.6 Å². The summed E-state index contributed by atoms with van der Waals surface area (Å²) in [5.41, 5.74) is 3.57. The van der Waals surface area contributed by atoms with Crippen molar-refractivity contribution in [3.8, 4) is 22.5 Å². The van der Waals surface area contributed by atoms with Crippen LogP contribution in [0.1, 0.15) is 55.3 Å². The standard InChI is InChI=1S/C28H26F2N6O2S/c1-27(2)19-9-10-28(27,26-18(19)11-22(35-36-26)25-20(29)5-4-6-21(25)30)24-15-31-14-23(34-24)16-7-8-17(32-12-16)13-33-39(3,37)38/h4-8,11-12,14-15,19,33H,9-10,13H2,1-3H3/t19-,28+/m0/s1. The van der Waals surface area contributed by atoms with Crippen LogP contribution in [0.5, 0.6) is 0 Å². The molecule has 0 unspecified atom stereocenters. The molecule has 200 valence electrons. The first-order valence-electron chi connectivity index (χ1n) is 12.6. The van der Waals surface area contributed by atoms with Crippen molar-refractivity contribution in [2.45, 2.75) is 44.6 Å². The fraction of sp³-hybridized carbons (Fsp3) is 0.321. The van der Waals surface area contributed by atoms with Gasteiger partial charge < -0.3 is 0 Å². The van der Waals surface area contributed by atoms with Gasteiger partial charge in [-0.15, -0.1) is 5.10 Å². The van der Waals surface area contributed by atoms with Gasteiger partial charge in [0.05, 0.1) is 58.4 Å². The van der Waals surface area contributed by atoms with Gasteiger partial charge in [-0.3, -0.25) is 9.97 Å². The van der Waals surface area contributed by atoms with Gasteiger partial charge in [-0.05, 0) is 60.1 Å². The molecule has 39 heavy (non-hydrogen) atoms. The van der Waals surface area contributed by atoms with E-state index in [0.29, 0.717) is 11.4 Å². The number of rotatable bonds is 6. The molecule has 2 bridgehead atoms. The highest BCUT2D eigenvalue weighted by atomic mass is 32.2. The highest BCUT2D eigenvalue weighted by Gasteiger charge is 2.65. The monoisotopic (exact) mass is 548 g/mol. The van der Waals surface area contributed by atoms with E-state index in [0.717, 1.165) is 41.6 Å². The lowest BCUT2D eigenvalue weighted by molar-refractivity contribution is 0.242. The van der Waals surface area contributed by atoms with Crippen LogP contribution in [-0.2, 0) is 22.0 Å². The van der Waals surface area contributed by atoms with Crippen LogP contribution in [-0.4, -0.2) is 39.8 Å². The molecule has 2 aliphatic rings. The summed E-state index contributed by atoms with van der Waals surface area (Å²) in [5.74, 6) is -1.23.